The third-order valence-electron chi connectivity index (χ3n) is 1.09. The maximum absolute atomic E-state index is 3.81. The van der Waals surface area contributed by atoms with Crippen LogP contribution in [0.15, 0.2) is 17.6 Å². The molecule has 0 aliphatic heterocycles. The second-order valence-electron chi connectivity index (χ2n) is 1.66. The maximum atomic E-state index is 3.81. The van der Waals surface area contributed by atoms with Gasteiger partial charge >= 0.3 is 0 Å². The summed E-state index contributed by atoms with van der Waals surface area (Å²) >= 11 is 8.18. The Labute approximate surface area is 85.3 Å². The van der Waals surface area contributed by atoms with Gasteiger partial charge in [0.15, 0.2) is 0 Å². The first-order valence-corrected chi connectivity index (χ1v) is 5.02. The van der Waals surface area contributed by atoms with E-state index in [0.29, 0.717) is 0 Å². The van der Waals surface area contributed by atoms with E-state index in [1.807, 2.05) is 0 Å². The minimum atomic E-state index is 0.747. The molecule has 0 N–H and O–H groups in total. The van der Waals surface area contributed by atoms with Gasteiger partial charge in [0.1, 0.15) is 11.4 Å². The minimum Gasteiger partial charge on any atom is -0.260 e. The highest BCUT2D eigenvalue weighted by Gasteiger charge is 2.11. The smallest absolute Gasteiger partial charge is 0.114 e. The Morgan fingerprint density at radius 3 is 1.64 bits per heavy atom. The van der Waals surface area contributed by atoms with Gasteiger partial charge in [-0.05, 0) is 45.3 Å². The summed E-state index contributed by atoms with van der Waals surface area (Å²) in [5, 5.41) is 0. The first-order valence-electron chi connectivity index (χ1n) is 2.62. The Morgan fingerprint density at radius 1 is 1.00 bits per heavy atom. The van der Waals surface area contributed by atoms with Crippen LogP contribution >= 0.6 is 43.2 Å². The molecule has 0 amide bonds. The van der Waals surface area contributed by atoms with E-state index in [4.69, 9.17) is 0 Å². The van der Waals surface area contributed by atoms with E-state index in [-0.39, 0.29) is 0 Å². The van der Waals surface area contributed by atoms with Gasteiger partial charge in [0.25, 0.3) is 0 Å². The van der Waals surface area contributed by atoms with E-state index in [1.165, 1.54) is 11.3 Å². The average molecular weight is 296 g/mol. The number of hydrogen-bond acceptors (Lipinski definition) is 3. The molecule has 0 radical (unpaired) electrons. The Balaban J connectivity index is 3.39. The van der Waals surface area contributed by atoms with Gasteiger partial charge in [0, 0.05) is 0 Å². The first-order chi connectivity index (χ1) is 5.20. The summed E-state index contributed by atoms with van der Waals surface area (Å²) in [5.74, 6) is 0. The third kappa shape index (κ3) is 1.60. The Hall–Kier alpha value is -0.000000000000000167. The summed E-state index contributed by atoms with van der Waals surface area (Å²) in [5.41, 5.74) is 1.49. The van der Waals surface area contributed by atoms with E-state index in [1.54, 1.807) is 0 Å². The number of halogens is 2. The molecule has 11 heavy (non-hydrogen) atoms. The van der Waals surface area contributed by atoms with Crippen molar-refractivity contribution in [2.24, 2.45) is 9.98 Å². The maximum Gasteiger partial charge on any atom is 0.114 e. The van der Waals surface area contributed by atoms with Crippen LogP contribution < -0.4 is 0 Å². The molecular weight excluding hydrogens is 292 g/mol. The van der Waals surface area contributed by atoms with Crippen molar-refractivity contribution in [1.29, 1.82) is 0 Å². The van der Waals surface area contributed by atoms with Crippen LogP contribution in [0.4, 0.5) is 11.4 Å². The van der Waals surface area contributed by atoms with Gasteiger partial charge in [-0.3, -0.25) is 9.98 Å². The summed E-state index contributed by atoms with van der Waals surface area (Å²) in [7, 11) is 0. The average Bonchev–Trinajstić information content (AvgIpc) is 2.24. The van der Waals surface area contributed by atoms with Crippen molar-refractivity contribution in [3.8, 4) is 0 Å². The van der Waals surface area contributed by atoms with Crippen molar-refractivity contribution in [3.63, 3.8) is 0 Å². The lowest BCUT2D eigenvalue weighted by Gasteiger charge is -1.89. The molecule has 58 valence electrons. The zero-order chi connectivity index (χ0) is 8.43. The van der Waals surface area contributed by atoms with E-state index in [0.717, 1.165) is 18.9 Å². The van der Waals surface area contributed by atoms with Crippen LogP contribution in [-0.4, -0.2) is 13.4 Å². The SMILES string of the molecule is C=Nc1c(Br)sc(Br)c1N=C. The summed E-state index contributed by atoms with van der Waals surface area (Å²) in [6.07, 6.45) is 0. The molecule has 0 aliphatic carbocycles. The largest absolute Gasteiger partial charge is 0.260 e. The minimum absolute atomic E-state index is 0.747. The molecule has 0 saturated carbocycles. The number of thiophene rings is 1. The molecule has 0 saturated heterocycles. The molecule has 1 aromatic heterocycles. The monoisotopic (exact) mass is 294 g/mol. The van der Waals surface area contributed by atoms with Gasteiger partial charge in [-0.15, -0.1) is 11.3 Å². The van der Waals surface area contributed by atoms with E-state index < -0.39 is 0 Å². The Bertz CT molecular complexity index is 277. The lowest BCUT2D eigenvalue weighted by Crippen LogP contribution is -1.57. The molecule has 0 fully saturated rings. The lowest BCUT2D eigenvalue weighted by atomic mass is 10.5. The van der Waals surface area contributed by atoms with Gasteiger partial charge in [-0.1, -0.05) is 0 Å². The van der Waals surface area contributed by atoms with Crippen molar-refractivity contribution >= 4 is 68.0 Å². The quantitative estimate of drug-likeness (QED) is 0.739. The fourth-order valence-corrected chi connectivity index (χ4v) is 3.56. The van der Waals surface area contributed by atoms with Gasteiger partial charge in [-0.2, -0.15) is 0 Å². The molecule has 1 rings (SSSR count). The van der Waals surface area contributed by atoms with Crippen molar-refractivity contribution in [2.75, 3.05) is 0 Å². The van der Waals surface area contributed by atoms with Gasteiger partial charge < -0.3 is 0 Å². The molecule has 2 nitrogen and oxygen atoms in total. The number of nitrogens with zero attached hydrogens (tertiary/aromatic N) is 2. The second kappa shape index (κ2) is 3.60. The Kier molecular flexibility index (Phi) is 2.98. The van der Waals surface area contributed by atoms with Crippen LogP contribution in [0.2, 0.25) is 0 Å². The standard InChI is InChI=1S/C6H4Br2N2S/c1-9-3-4(10-2)6(8)11-5(3)7/h1-2H2. The van der Waals surface area contributed by atoms with Crippen molar-refractivity contribution in [3.05, 3.63) is 7.57 Å². The van der Waals surface area contributed by atoms with Crippen LogP contribution in [-0.2, 0) is 0 Å². The van der Waals surface area contributed by atoms with E-state index >= 15 is 0 Å². The van der Waals surface area contributed by atoms with Crippen LogP contribution in [0, 0.1) is 0 Å². The Morgan fingerprint density at radius 2 is 1.36 bits per heavy atom. The molecule has 0 unspecified atom stereocenters. The molecule has 0 aromatic carbocycles. The normalized spacial score (nSPS) is 9.64. The summed E-state index contributed by atoms with van der Waals surface area (Å²) in [6.45, 7) is 6.86. The van der Waals surface area contributed by atoms with E-state index in [2.05, 4.69) is 55.3 Å². The fraction of sp³-hybridized carbons (Fsp3) is 0. The summed E-state index contributed by atoms with van der Waals surface area (Å²) in [4.78, 5) is 7.62. The highest BCUT2D eigenvalue weighted by molar-refractivity contribution is 9.12. The molecule has 0 bridgehead atoms. The van der Waals surface area contributed by atoms with Crippen molar-refractivity contribution in [1.82, 2.24) is 0 Å². The zero-order valence-electron chi connectivity index (χ0n) is 5.47. The van der Waals surface area contributed by atoms with Crippen LogP contribution in [0.5, 0.6) is 0 Å². The first kappa shape index (κ1) is 9.09. The third-order valence-corrected chi connectivity index (χ3v) is 3.56. The molecule has 5 heteroatoms. The molecule has 0 atom stereocenters. The number of aliphatic imine (C=N–C) groups is 2. The second-order valence-corrected chi connectivity index (χ2v) is 5.32. The van der Waals surface area contributed by atoms with Crippen LogP contribution in [0.3, 0.4) is 0 Å². The van der Waals surface area contributed by atoms with Crippen molar-refractivity contribution in [2.45, 2.75) is 0 Å². The molecule has 1 heterocycles. The van der Waals surface area contributed by atoms with Gasteiger partial charge in [0.2, 0.25) is 0 Å². The topological polar surface area (TPSA) is 24.7 Å². The van der Waals surface area contributed by atoms with E-state index in [9.17, 15) is 0 Å². The van der Waals surface area contributed by atoms with Gasteiger partial charge in [-0.25, -0.2) is 0 Å². The summed E-state index contributed by atoms with van der Waals surface area (Å²) < 4.78 is 1.84. The van der Waals surface area contributed by atoms with Crippen LogP contribution in [0.25, 0.3) is 0 Å². The molecule has 1 aromatic rings. The fourth-order valence-electron chi connectivity index (χ4n) is 0.636. The van der Waals surface area contributed by atoms with Gasteiger partial charge in [0.05, 0.1) is 7.57 Å². The number of hydrogen-bond donors (Lipinski definition) is 0. The number of rotatable bonds is 2. The highest BCUT2D eigenvalue weighted by Crippen LogP contribution is 2.47. The molecule has 0 spiro atoms. The predicted octanol–water partition coefficient (Wildman–Crippen LogP) is 3.94. The molecular formula is C6H4Br2N2S. The van der Waals surface area contributed by atoms with Crippen molar-refractivity contribution < 1.29 is 0 Å². The van der Waals surface area contributed by atoms with Crippen LogP contribution in [0.1, 0.15) is 0 Å². The highest BCUT2D eigenvalue weighted by atomic mass is 79.9. The predicted molar refractivity (Wildman–Crippen MR) is 58.1 cm³/mol. The zero-order valence-corrected chi connectivity index (χ0v) is 9.46. The molecule has 0 aliphatic rings. The lowest BCUT2D eigenvalue weighted by molar-refractivity contribution is 1.52. The summed E-state index contributed by atoms with van der Waals surface area (Å²) in [6, 6.07) is 0.